The van der Waals surface area contributed by atoms with Crippen molar-refractivity contribution in [3.05, 3.63) is 30.0 Å². The molecule has 238 valence electrons. The van der Waals surface area contributed by atoms with Crippen molar-refractivity contribution in [3.8, 4) is 5.75 Å². The van der Waals surface area contributed by atoms with Gasteiger partial charge in [-0.2, -0.15) is 0 Å². The van der Waals surface area contributed by atoms with Crippen LogP contribution < -0.4 is 26.4 Å². The highest BCUT2D eigenvalue weighted by Crippen LogP contribution is 2.36. The lowest BCUT2D eigenvalue weighted by atomic mass is 9.82. The standard InChI is InChI=1S/C32H44N6O6/c1-19(39)38-13-11-32(12-14-38)18-21(29(41)37-32)16-24(28(33)40)35-30(42)25(15-20-7-4-3-5-8-20)36-31(43)26-17-22-23(34-26)9-6-10-27(22)44-2/h6,9-10,17,20-21,24-25,34H,3-5,7-8,11-16,18H2,1-2H3,(H2,33,40)(H,35,42)(H,36,43)(H,37,41)/t21?,24-,25-/m0/s1. The van der Waals surface area contributed by atoms with Gasteiger partial charge in [0.1, 0.15) is 23.5 Å². The van der Waals surface area contributed by atoms with Crippen LogP contribution in [0.25, 0.3) is 10.9 Å². The number of hydrogen-bond donors (Lipinski definition) is 5. The zero-order valence-corrected chi connectivity index (χ0v) is 25.6. The number of carbonyl (C=O) groups excluding carboxylic acids is 5. The molecule has 2 aromatic rings. The number of benzene rings is 1. The predicted molar refractivity (Wildman–Crippen MR) is 164 cm³/mol. The Morgan fingerprint density at radius 1 is 1.07 bits per heavy atom. The van der Waals surface area contributed by atoms with Crippen molar-refractivity contribution in [1.29, 1.82) is 0 Å². The van der Waals surface area contributed by atoms with E-state index in [1.165, 1.54) is 6.92 Å². The number of nitrogens with two attached hydrogens (primary N) is 1. The maximum absolute atomic E-state index is 13.7. The highest BCUT2D eigenvalue weighted by Gasteiger charge is 2.47. The Hall–Kier alpha value is -4.09. The van der Waals surface area contributed by atoms with Crippen LogP contribution in [0.3, 0.4) is 0 Å². The minimum atomic E-state index is -1.08. The third-order valence-electron chi connectivity index (χ3n) is 9.75. The molecule has 5 amide bonds. The van der Waals surface area contributed by atoms with Gasteiger partial charge in [-0.15, -0.1) is 0 Å². The van der Waals surface area contributed by atoms with Crippen molar-refractivity contribution in [1.82, 2.24) is 25.8 Å². The van der Waals surface area contributed by atoms with Crippen LogP contribution in [0.5, 0.6) is 5.75 Å². The van der Waals surface area contributed by atoms with Crippen molar-refractivity contribution < 1.29 is 28.7 Å². The van der Waals surface area contributed by atoms with Crippen LogP contribution in [-0.4, -0.2) is 77.2 Å². The molecule has 1 unspecified atom stereocenters. The summed E-state index contributed by atoms with van der Waals surface area (Å²) in [6, 6.07) is 5.20. The largest absolute Gasteiger partial charge is 0.496 e. The van der Waals surface area contributed by atoms with Gasteiger partial charge < -0.3 is 36.3 Å². The number of ether oxygens (including phenoxy) is 1. The van der Waals surface area contributed by atoms with Gasteiger partial charge in [-0.25, -0.2) is 0 Å². The summed E-state index contributed by atoms with van der Waals surface area (Å²) < 4.78 is 5.42. The number of nitrogens with zero attached hydrogens (tertiary/aromatic N) is 1. The van der Waals surface area contributed by atoms with Gasteiger partial charge >= 0.3 is 0 Å². The van der Waals surface area contributed by atoms with Crippen molar-refractivity contribution in [3.63, 3.8) is 0 Å². The summed E-state index contributed by atoms with van der Waals surface area (Å²) in [5.74, 6) is -1.46. The van der Waals surface area contributed by atoms with E-state index in [1.807, 2.05) is 18.2 Å². The van der Waals surface area contributed by atoms with Crippen LogP contribution in [0, 0.1) is 11.8 Å². The van der Waals surface area contributed by atoms with Gasteiger partial charge in [0, 0.05) is 42.4 Å². The number of aromatic nitrogens is 1. The molecule has 44 heavy (non-hydrogen) atoms. The first kappa shape index (κ1) is 31.3. The van der Waals surface area contributed by atoms with E-state index in [4.69, 9.17) is 10.5 Å². The highest BCUT2D eigenvalue weighted by molar-refractivity contribution is 6.02. The molecule has 12 heteroatoms. The first-order chi connectivity index (χ1) is 21.1. The number of primary amides is 1. The molecule has 1 saturated carbocycles. The monoisotopic (exact) mass is 608 g/mol. The van der Waals surface area contributed by atoms with Gasteiger partial charge in [-0.1, -0.05) is 38.2 Å². The van der Waals surface area contributed by atoms with E-state index < -0.39 is 41.3 Å². The quantitative estimate of drug-likeness (QED) is 0.276. The van der Waals surface area contributed by atoms with Crippen molar-refractivity contribution in [2.24, 2.45) is 17.6 Å². The first-order valence-electron chi connectivity index (χ1n) is 15.7. The van der Waals surface area contributed by atoms with E-state index >= 15 is 0 Å². The molecular formula is C32H44N6O6. The molecule has 3 heterocycles. The number of nitrogens with one attached hydrogen (secondary N) is 4. The minimum absolute atomic E-state index is 0.0105. The number of piperidine rings is 1. The minimum Gasteiger partial charge on any atom is -0.496 e. The number of methoxy groups -OCH3 is 1. The van der Waals surface area contributed by atoms with E-state index in [2.05, 4.69) is 20.9 Å². The molecule has 2 aliphatic heterocycles. The van der Waals surface area contributed by atoms with Gasteiger partial charge in [0.2, 0.25) is 23.6 Å². The third-order valence-corrected chi connectivity index (χ3v) is 9.75. The third kappa shape index (κ3) is 7.00. The fourth-order valence-electron chi connectivity index (χ4n) is 7.20. The Bertz CT molecular complexity index is 1410. The molecule has 3 aliphatic rings. The number of fused-ring (bicyclic) bond motifs is 1. The Balaban J connectivity index is 1.27. The Kier molecular flexibility index (Phi) is 9.45. The predicted octanol–water partition coefficient (Wildman–Crippen LogP) is 2.12. The second-order valence-corrected chi connectivity index (χ2v) is 12.7. The molecule has 1 spiro atoms. The molecule has 6 N–H and O–H groups in total. The average Bonchev–Trinajstić information content (AvgIpc) is 3.57. The zero-order valence-electron chi connectivity index (χ0n) is 25.6. The molecule has 0 radical (unpaired) electrons. The fourth-order valence-corrected chi connectivity index (χ4v) is 7.20. The van der Waals surface area contributed by atoms with Crippen LogP contribution in [0.1, 0.15) is 81.6 Å². The van der Waals surface area contributed by atoms with E-state index in [9.17, 15) is 24.0 Å². The summed E-state index contributed by atoms with van der Waals surface area (Å²) in [6.07, 6.45) is 7.50. The van der Waals surface area contributed by atoms with Gasteiger partial charge in [-0.05, 0) is 56.2 Å². The van der Waals surface area contributed by atoms with E-state index in [0.717, 1.165) is 43.0 Å². The van der Waals surface area contributed by atoms with Crippen LogP contribution in [0.4, 0.5) is 0 Å². The lowest BCUT2D eigenvalue weighted by Crippen LogP contribution is -2.54. The number of carbonyl (C=O) groups is 5. The van der Waals surface area contributed by atoms with Crippen molar-refractivity contribution in [2.75, 3.05) is 20.2 Å². The summed E-state index contributed by atoms with van der Waals surface area (Å²) in [5.41, 5.74) is 6.34. The number of likely N-dealkylation sites (tertiary alicyclic amines) is 1. The molecule has 0 bridgehead atoms. The summed E-state index contributed by atoms with van der Waals surface area (Å²) >= 11 is 0. The van der Waals surface area contributed by atoms with Crippen LogP contribution in [0.2, 0.25) is 0 Å². The number of amides is 5. The second kappa shape index (κ2) is 13.3. The molecule has 1 aromatic heterocycles. The lowest BCUT2D eigenvalue weighted by Gasteiger charge is -2.39. The van der Waals surface area contributed by atoms with Crippen molar-refractivity contribution in [2.45, 2.75) is 88.8 Å². The van der Waals surface area contributed by atoms with Crippen LogP contribution >= 0.6 is 0 Å². The van der Waals surface area contributed by atoms with Gasteiger partial charge in [0.25, 0.3) is 5.91 Å². The van der Waals surface area contributed by atoms with Gasteiger partial charge in [0.05, 0.1) is 7.11 Å². The van der Waals surface area contributed by atoms with E-state index in [1.54, 1.807) is 18.1 Å². The van der Waals surface area contributed by atoms with Gasteiger partial charge in [-0.3, -0.25) is 24.0 Å². The molecule has 5 rings (SSSR count). The Labute approximate surface area is 257 Å². The highest BCUT2D eigenvalue weighted by atomic mass is 16.5. The number of H-pyrrole nitrogens is 1. The van der Waals surface area contributed by atoms with Crippen molar-refractivity contribution >= 4 is 40.4 Å². The number of rotatable bonds is 10. The molecule has 12 nitrogen and oxygen atoms in total. The average molecular weight is 609 g/mol. The van der Waals surface area contributed by atoms with E-state index in [-0.39, 0.29) is 24.2 Å². The topological polar surface area (TPSA) is 176 Å². The lowest BCUT2D eigenvalue weighted by molar-refractivity contribution is -0.130. The number of hydrogen-bond acceptors (Lipinski definition) is 6. The number of aromatic amines is 1. The van der Waals surface area contributed by atoms with Gasteiger partial charge in [0.15, 0.2) is 0 Å². The summed E-state index contributed by atoms with van der Waals surface area (Å²) in [5, 5.41) is 9.53. The van der Waals surface area contributed by atoms with Crippen LogP contribution in [0.15, 0.2) is 24.3 Å². The maximum atomic E-state index is 13.7. The second-order valence-electron chi connectivity index (χ2n) is 12.7. The SMILES string of the molecule is COc1cccc2[nH]c(C(=O)N[C@@H](CC3CCCCC3)C(=O)N[C@@H](CC3CC4(CCN(C(C)=O)CC4)NC3=O)C(N)=O)cc12. The Morgan fingerprint density at radius 3 is 2.45 bits per heavy atom. The fraction of sp³-hybridized carbons (Fsp3) is 0.594. The normalized spacial score (nSPS) is 21.5. The molecule has 1 aliphatic carbocycles. The first-order valence-corrected chi connectivity index (χ1v) is 15.7. The van der Waals surface area contributed by atoms with E-state index in [0.29, 0.717) is 50.2 Å². The summed E-state index contributed by atoms with van der Waals surface area (Å²) in [7, 11) is 1.56. The molecule has 1 aromatic carbocycles. The maximum Gasteiger partial charge on any atom is 0.268 e. The van der Waals surface area contributed by atoms with Crippen LogP contribution in [-0.2, 0) is 19.2 Å². The smallest absolute Gasteiger partial charge is 0.268 e. The molecule has 3 atom stereocenters. The molecule has 2 saturated heterocycles. The zero-order chi connectivity index (χ0) is 31.4. The summed E-state index contributed by atoms with van der Waals surface area (Å²) in [6.45, 7) is 2.66. The summed E-state index contributed by atoms with van der Waals surface area (Å²) in [4.78, 5) is 69.3. The molecular weight excluding hydrogens is 564 g/mol. The Morgan fingerprint density at radius 2 is 1.80 bits per heavy atom. The molecule has 3 fully saturated rings.